The molecule has 8 nitrogen and oxygen atoms in total. The lowest BCUT2D eigenvalue weighted by atomic mass is 10.0. The molecule has 0 saturated carbocycles. The average Bonchev–Trinajstić information content (AvgIpc) is 3.08. The summed E-state index contributed by atoms with van der Waals surface area (Å²) in [6.45, 7) is 4.67. The van der Waals surface area contributed by atoms with Crippen LogP contribution in [0.5, 0.6) is 0 Å². The van der Waals surface area contributed by atoms with Crippen LogP contribution in [0.1, 0.15) is 17.4 Å². The van der Waals surface area contributed by atoms with E-state index in [-0.39, 0.29) is 23.6 Å². The van der Waals surface area contributed by atoms with Gasteiger partial charge in [-0.05, 0) is 6.54 Å². The van der Waals surface area contributed by atoms with E-state index in [0.29, 0.717) is 26.3 Å². The molecule has 3 N–H and O–H groups in total. The summed E-state index contributed by atoms with van der Waals surface area (Å²) in [5, 5.41) is 14.8. The van der Waals surface area contributed by atoms with Crippen LogP contribution in [0.3, 0.4) is 0 Å². The van der Waals surface area contributed by atoms with E-state index in [1.165, 1.54) is 12.5 Å². The molecule has 8 heteroatoms. The van der Waals surface area contributed by atoms with Crippen LogP contribution >= 0.6 is 0 Å². The largest absolute Gasteiger partial charge is 0.476 e. The number of amides is 1. The molecule has 1 aliphatic rings. The molecule has 1 aromatic rings. The molecule has 2 unspecified atom stereocenters. The van der Waals surface area contributed by atoms with Crippen LogP contribution in [0.25, 0.3) is 0 Å². The van der Waals surface area contributed by atoms with Crippen LogP contribution in [0, 0.1) is 5.92 Å². The Morgan fingerprint density at radius 3 is 3.00 bits per heavy atom. The molecule has 1 aromatic heterocycles. The van der Waals surface area contributed by atoms with Crippen LogP contribution < -0.4 is 10.6 Å². The van der Waals surface area contributed by atoms with E-state index in [9.17, 15) is 9.59 Å². The number of nitrogens with zero attached hydrogens (tertiary/aromatic N) is 2. The van der Waals surface area contributed by atoms with Crippen molar-refractivity contribution in [3.05, 3.63) is 18.2 Å². The number of likely N-dealkylation sites (N-methyl/N-ethyl adjacent to an activating group) is 1. The summed E-state index contributed by atoms with van der Waals surface area (Å²) in [5.41, 5.74) is -0.00210. The Bertz CT molecular complexity index is 502. The Morgan fingerprint density at radius 2 is 2.33 bits per heavy atom. The average molecular weight is 296 g/mol. The number of ether oxygens (including phenoxy) is 1. The van der Waals surface area contributed by atoms with Gasteiger partial charge in [0.2, 0.25) is 5.91 Å². The first-order valence-electron chi connectivity index (χ1n) is 6.95. The van der Waals surface area contributed by atoms with E-state index in [1.54, 1.807) is 4.57 Å². The van der Waals surface area contributed by atoms with Gasteiger partial charge in [0, 0.05) is 25.3 Å². The molecule has 0 aliphatic carbocycles. The lowest BCUT2D eigenvalue weighted by molar-refractivity contribution is -0.125. The van der Waals surface area contributed by atoms with Crippen molar-refractivity contribution in [2.24, 2.45) is 5.92 Å². The maximum Gasteiger partial charge on any atom is 0.356 e. The first-order chi connectivity index (χ1) is 10.1. The molecular weight excluding hydrogens is 276 g/mol. The molecule has 2 atom stereocenters. The normalized spacial score (nSPS) is 21.4. The van der Waals surface area contributed by atoms with Crippen molar-refractivity contribution >= 4 is 11.9 Å². The minimum absolute atomic E-state index is 0.00210. The third-order valence-corrected chi connectivity index (χ3v) is 3.41. The molecule has 1 fully saturated rings. The third-order valence-electron chi connectivity index (χ3n) is 3.41. The number of carbonyl (C=O) groups excluding carboxylic acids is 1. The highest BCUT2D eigenvalue weighted by Gasteiger charge is 2.33. The number of hydrogen-bond acceptors (Lipinski definition) is 5. The van der Waals surface area contributed by atoms with Crippen molar-refractivity contribution < 1.29 is 19.4 Å². The van der Waals surface area contributed by atoms with E-state index >= 15 is 0 Å². The van der Waals surface area contributed by atoms with Crippen molar-refractivity contribution in [1.29, 1.82) is 0 Å². The minimum atomic E-state index is -1.06. The molecule has 1 saturated heterocycles. The van der Waals surface area contributed by atoms with E-state index in [1.807, 2.05) is 6.92 Å². The molecule has 116 valence electrons. The fourth-order valence-electron chi connectivity index (χ4n) is 2.31. The molecule has 2 rings (SSSR count). The zero-order valence-electron chi connectivity index (χ0n) is 11.9. The van der Waals surface area contributed by atoms with Gasteiger partial charge in [0.25, 0.3) is 0 Å². The first-order valence-corrected chi connectivity index (χ1v) is 6.95. The molecule has 0 bridgehead atoms. The van der Waals surface area contributed by atoms with Crippen molar-refractivity contribution in [2.45, 2.75) is 19.5 Å². The van der Waals surface area contributed by atoms with Gasteiger partial charge in [-0.3, -0.25) is 4.79 Å². The highest BCUT2D eigenvalue weighted by atomic mass is 16.5. The molecule has 21 heavy (non-hydrogen) atoms. The zero-order chi connectivity index (χ0) is 15.2. The van der Waals surface area contributed by atoms with Gasteiger partial charge in [0.1, 0.15) is 0 Å². The summed E-state index contributed by atoms with van der Waals surface area (Å²) >= 11 is 0. The van der Waals surface area contributed by atoms with Crippen molar-refractivity contribution in [1.82, 2.24) is 20.2 Å². The van der Waals surface area contributed by atoms with E-state index in [4.69, 9.17) is 9.84 Å². The van der Waals surface area contributed by atoms with Gasteiger partial charge < -0.3 is 25.0 Å². The van der Waals surface area contributed by atoms with Crippen LogP contribution in [-0.2, 0) is 16.1 Å². The van der Waals surface area contributed by atoms with Gasteiger partial charge in [-0.1, -0.05) is 6.92 Å². The summed E-state index contributed by atoms with van der Waals surface area (Å²) in [5.74, 6) is -1.28. The van der Waals surface area contributed by atoms with Gasteiger partial charge >= 0.3 is 5.97 Å². The number of aromatic carboxylic acids is 1. The van der Waals surface area contributed by atoms with Crippen molar-refractivity contribution in [3.63, 3.8) is 0 Å². The molecular formula is C13H20N4O4. The predicted molar refractivity (Wildman–Crippen MR) is 74.0 cm³/mol. The molecule has 1 aliphatic heterocycles. The first kappa shape index (κ1) is 15.5. The standard InChI is InChI=1S/C13H20N4O4/c1-2-14-11-7-21-6-9(11)12(18)15-3-4-17-5-10(13(19)20)16-8-17/h5,8-9,11,14H,2-4,6-7H2,1H3,(H,15,18)(H,19,20). The van der Waals surface area contributed by atoms with E-state index in [0.717, 1.165) is 6.54 Å². The van der Waals surface area contributed by atoms with Crippen LogP contribution in [0.4, 0.5) is 0 Å². The van der Waals surface area contributed by atoms with Crippen LogP contribution in [0.2, 0.25) is 0 Å². The molecule has 0 aromatic carbocycles. The maximum absolute atomic E-state index is 12.1. The second-order valence-electron chi connectivity index (χ2n) is 4.90. The lowest BCUT2D eigenvalue weighted by Crippen LogP contribution is -2.44. The van der Waals surface area contributed by atoms with Gasteiger partial charge in [-0.15, -0.1) is 0 Å². The monoisotopic (exact) mass is 296 g/mol. The fourth-order valence-corrected chi connectivity index (χ4v) is 2.31. The topological polar surface area (TPSA) is 105 Å². The maximum atomic E-state index is 12.1. The highest BCUT2D eigenvalue weighted by molar-refractivity contribution is 5.84. The number of nitrogens with one attached hydrogen (secondary N) is 2. The number of carboxylic acid groups (broad SMARTS) is 1. The third kappa shape index (κ3) is 4.02. The minimum Gasteiger partial charge on any atom is -0.476 e. The molecule has 0 spiro atoms. The summed E-state index contributed by atoms with van der Waals surface area (Å²) in [4.78, 5) is 26.5. The quantitative estimate of drug-likeness (QED) is 0.616. The molecule has 0 radical (unpaired) electrons. The Balaban J connectivity index is 1.77. The SMILES string of the molecule is CCNC1COCC1C(=O)NCCn1cnc(C(=O)O)c1. The fraction of sp³-hybridized carbons (Fsp3) is 0.615. The summed E-state index contributed by atoms with van der Waals surface area (Å²) in [6, 6.07) is 0.0573. The molecule has 1 amide bonds. The van der Waals surface area contributed by atoms with Gasteiger partial charge in [0.15, 0.2) is 5.69 Å². The number of carboxylic acids is 1. The Labute approximate surface area is 122 Å². The number of rotatable bonds is 7. The zero-order valence-corrected chi connectivity index (χ0v) is 11.9. The van der Waals surface area contributed by atoms with Crippen LogP contribution in [-0.4, -0.2) is 58.9 Å². The number of hydrogen-bond donors (Lipinski definition) is 3. The summed E-state index contributed by atoms with van der Waals surface area (Å²) < 4.78 is 6.97. The Hall–Kier alpha value is -1.93. The van der Waals surface area contributed by atoms with Crippen LogP contribution in [0.15, 0.2) is 12.5 Å². The second-order valence-corrected chi connectivity index (χ2v) is 4.90. The predicted octanol–water partition coefficient (Wildman–Crippen LogP) is -0.678. The van der Waals surface area contributed by atoms with E-state index < -0.39 is 5.97 Å². The van der Waals surface area contributed by atoms with Gasteiger partial charge in [-0.25, -0.2) is 9.78 Å². The highest BCUT2D eigenvalue weighted by Crippen LogP contribution is 2.13. The smallest absolute Gasteiger partial charge is 0.356 e. The number of imidazole rings is 1. The Kier molecular flexibility index (Phi) is 5.29. The van der Waals surface area contributed by atoms with E-state index in [2.05, 4.69) is 15.6 Å². The number of aromatic nitrogens is 2. The van der Waals surface area contributed by atoms with Crippen molar-refractivity contribution in [2.75, 3.05) is 26.3 Å². The van der Waals surface area contributed by atoms with Crippen molar-refractivity contribution in [3.8, 4) is 0 Å². The van der Waals surface area contributed by atoms with Gasteiger partial charge in [-0.2, -0.15) is 0 Å². The summed E-state index contributed by atoms with van der Waals surface area (Å²) in [7, 11) is 0. The number of carbonyl (C=O) groups is 2. The summed E-state index contributed by atoms with van der Waals surface area (Å²) in [6.07, 6.45) is 2.88. The Morgan fingerprint density at radius 1 is 1.52 bits per heavy atom. The second kappa shape index (κ2) is 7.19. The lowest BCUT2D eigenvalue weighted by Gasteiger charge is -2.17. The molecule has 2 heterocycles. The van der Waals surface area contributed by atoms with Gasteiger partial charge in [0.05, 0.1) is 25.5 Å².